The molecule has 0 bridgehead atoms. The van der Waals surface area contributed by atoms with Gasteiger partial charge >= 0.3 is 5.97 Å². The number of ketones is 1. The van der Waals surface area contributed by atoms with Crippen molar-refractivity contribution in [2.24, 2.45) is 68.0 Å². The van der Waals surface area contributed by atoms with Gasteiger partial charge in [0.25, 0.3) is 0 Å². The first-order valence-corrected chi connectivity index (χ1v) is 18.7. The first kappa shape index (κ1) is 36.3. The standard InChI is InChI=1S/C40H68O6/c1-24(2)31-26(42)21-40(23-41)20-19-38(11)25(32(31)40)13-14-28-37(10)17-16-29(36(8,9)27(37)15-18-39(28,38)12)45-30(43)22-35(6,7)33(44)46-34(3,4)5/h24-25,27-29,31-33,41,44H,13-23H2,1-12H3/t25?,27-,28?,29?,31?,32?,33?,37+,38+,39?,40?/m0/s1. The van der Waals surface area contributed by atoms with Crippen molar-refractivity contribution in [2.75, 3.05) is 6.61 Å². The molecule has 5 rings (SSSR count). The third kappa shape index (κ3) is 5.45. The molecule has 0 aromatic heterocycles. The minimum atomic E-state index is -1.06. The molecule has 6 heteroatoms. The Labute approximate surface area is 280 Å². The number of carbonyl (C=O) groups is 2. The van der Waals surface area contributed by atoms with Gasteiger partial charge in [-0.05, 0) is 118 Å². The lowest BCUT2D eigenvalue weighted by atomic mass is 9.32. The van der Waals surface area contributed by atoms with Crippen LogP contribution in [0.1, 0.15) is 147 Å². The molecule has 5 aliphatic carbocycles. The lowest BCUT2D eigenvalue weighted by Gasteiger charge is -2.73. The van der Waals surface area contributed by atoms with E-state index < -0.39 is 17.3 Å². The Morgan fingerprint density at radius 1 is 0.891 bits per heavy atom. The van der Waals surface area contributed by atoms with E-state index in [-0.39, 0.29) is 64.0 Å². The summed E-state index contributed by atoms with van der Waals surface area (Å²) in [6.45, 7) is 26.4. The monoisotopic (exact) mass is 645 g/mol. The highest BCUT2D eigenvalue weighted by atomic mass is 16.6. The molecule has 5 fully saturated rings. The van der Waals surface area contributed by atoms with Crippen LogP contribution in [0.4, 0.5) is 0 Å². The lowest BCUT2D eigenvalue weighted by Crippen LogP contribution is -2.67. The Bertz CT molecular complexity index is 1180. The Balaban J connectivity index is 1.36. The molecule has 8 unspecified atom stereocenters. The van der Waals surface area contributed by atoms with Crippen LogP contribution in [0.3, 0.4) is 0 Å². The second-order valence-electron chi connectivity index (χ2n) is 20.2. The largest absolute Gasteiger partial charge is 0.462 e. The zero-order valence-corrected chi connectivity index (χ0v) is 31.4. The van der Waals surface area contributed by atoms with Gasteiger partial charge in [-0.15, -0.1) is 0 Å². The van der Waals surface area contributed by atoms with Gasteiger partial charge in [-0.1, -0.05) is 62.3 Å². The van der Waals surface area contributed by atoms with Crippen molar-refractivity contribution in [3.05, 3.63) is 0 Å². The van der Waals surface area contributed by atoms with Crippen molar-refractivity contribution < 1.29 is 29.3 Å². The van der Waals surface area contributed by atoms with E-state index in [0.29, 0.717) is 35.9 Å². The van der Waals surface area contributed by atoms with E-state index in [1.54, 1.807) is 0 Å². The number of ether oxygens (including phenoxy) is 2. The quantitative estimate of drug-likeness (QED) is 0.214. The maximum absolute atomic E-state index is 13.5. The predicted molar refractivity (Wildman–Crippen MR) is 182 cm³/mol. The number of carbonyl (C=O) groups excluding carboxylic acids is 2. The number of Topliss-reactive ketones (excluding diaryl/α,β-unsaturated/α-hetero) is 1. The smallest absolute Gasteiger partial charge is 0.306 e. The number of aliphatic hydroxyl groups is 2. The normalized spacial score (nSPS) is 44.5. The van der Waals surface area contributed by atoms with Crippen LogP contribution in [0.5, 0.6) is 0 Å². The minimum absolute atomic E-state index is 0.0685. The summed E-state index contributed by atoms with van der Waals surface area (Å²) in [6, 6.07) is 0. The van der Waals surface area contributed by atoms with E-state index in [1.165, 1.54) is 6.42 Å². The van der Waals surface area contributed by atoms with Gasteiger partial charge in [0.05, 0.1) is 12.0 Å². The summed E-state index contributed by atoms with van der Waals surface area (Å²) in [7, 11) is 0. The van der Waals surface area contributed by atoms with Crippen LogP contribution in [0.25, 0.3) is 0 Å². The molecule has 0 heterocycles. The average molecular weight is 645 g/mol. The van der Waals surface area contributed by atoms with Gasteiger partial charge in [-0.25, -0.2) is 0 Å². The zero-order chi connectivity index (χ0) is 34.5. The molecular formula is C40H68O6. The third-order valence-electron chi connectivity index (χ3n) is 15.5. The van der Waals surface area contributed by atoms with Gasteiger partial charge in [0.15, 0.2) is 6.29 Å². The van der Waals surface area contributed by atoms with Gasteiger partial charge in [0.2, 0.25) is 0 Å². The highest BCUT2D eigenvalue weighted by Crippen LogP contribution is 2.77. The molecule has 0 aromatic rings. The van der Waals surface area contributed by atoms with Crippen LogP contribution in [0.15, 0.2) is 0 Å². The van der Waals surface area contributed by atoms with Crippen molar-refractivity contribution in [2.45, 2.75) is 165 Å². The van der Waals surface area contributed by atoms with E-state index in [9.17, 15) is 19.8 Å². The predicted octanol–water partition coefficient (Wildman–Crippen LogP) is 8.36. The fraction of sp³-hybridized carbons (Fsp3) is 0.950. The summed E-state index contributed by atoms with van der Waals surface area (Å²) in [5, 5.41) is 21.6. The van der Waals surface area contributed by atoms with Crippen molar-refractivity contribution in [1.82, 2.24) is 0 Å². The maximum Gasteiger partial charge on any atom is 0.306 e. The summed E-state index contributed by atoms with van der Waals surface area (Å²) < 4.78 is 12.1. The molecule has 0 amide bonds. The van der Waals surface area contributed by atoms with Crippen LogP contribution in [-0.2, 0) is 19.1 Å². The molecule has 0 aliphatic heterocycles. The van der Waals surface area contributed by atoms with Crippen LogP contribution < -0.4 is 0 Å². The SMILES string of the molecule is CC(C)C1C(=O)CC2(CO)CC[C@]3(C)C(CCC4C3(C)CC[C@H]3C(C)(C)C(OC(=O)CC(C)(C)C(O)OC(C)(C)C)CC[C@@]43C)C12. The van der Waals surface area contributed by atoms with Crippen LogP contribution >= 0.6 is 0 Å². The van der Waals surface area contributed by atoms with Gasteiger partial charge in [-0.3, -0.25) is 9.59 Å². The molecule has 6 nitrogen and oxygen atoms in total. The highest BCUT2D eigenvalue weighted by Gasteiger charge is 2.72. The van der Waals surface area contributed by atoms with E-state index in [0.717, 1.165) is 44.9 Å². The third-order valence-corrected chi connectivity index (χ3v) is 15.5. The Morgan fingerprint density at radius 3 is 2.13 bits per heavy atom. The van der Waals surface area contributed by atoms with Crippen LogP contribution in [0, 0.1) is 68.0 Å². The first-order valence-electron chi connectivity index (χ1n) is 18.7. The van der Waals surface area contributed by atoms with E-state index >= 15 is 0 Å². The molecule has 0 saturated heterocycles. The molecule has 264 valence electrons. The first-order chi connectivity index (χ1) is 21.0. The van der Waals surface area contributed by atoms with Gasteiger partial charge in [0.1, 0.15) is 11.9 Å². The average Bonchev–Trinajstić information content (AvgIpc) is 3.22. The highest BCUT2D eigenvalue weighted by molar-refractivity contribution is 5.85. The molecule has 11 atom stereocenters. The van der Waals surface area contributed by atoms with Crippen LogP contribution in [-0.4, -0.2) is 46.6 Å². The van der Waals surface area contributed by atoms with Gasteiger partial charge in [0, 0.05) is 35.2 Å². The molecule has 5 saturated carbocycles. The molecule has 0 spiro atoms. The number of aliphatic hydroxyl groups excluding tert-OH is 2. The summed E-state index contributed by atoms with van der Waals surface area (Å²) in [6.07, 6.45) is 8.06. The second-order valence-corrected chi connectivity index (χ2v) is 20.2. The second kappa shape index (κ2) is 11.5. The summed E-state index contributed by atoms with van der Waals surface area (Å²) >= 11 is 0. The molecule has 0 radical (unpaired) electrons. The molecule has 0 aromatic carbocycles. The van der Waals surface area contributed by atoms with Crippen molar-refractivity contribution in [3.63, 3.8) is 0 Å². The number of rotatable bonds is 7. The minimum Gasteiger partial charge on any atom is -0.462 e. The van der Waals surface area contributed by atoms with E-state index in [4.69, 9.17) is 9.47 Å². The number of esters is 1. The van der Waals surface area contributed by atoms with E-state index in [1.807, 2.05) is 34.6 Å². The zero-order valence-electron chi connectivity index (χ0n) is 31.4. The van der Waals surface area contributed by atoms with Crippen molar-refractivity contribution in [3.8, 4) is 0 Å². The molecule has 2 N–H and O–H groups in total. The number of hydrogen-bond acceptors (Lipinski definition) is 6. The van der Waals surface area contributed by atoms with Crippen molar-refractivity contribution in [1.29, 1.82) is 0 Å². The fourth-order valence-electron chi connectivity index (χ4n) is 13.0. The summed E-state index contributed by atoms with van der Waals surface area (Å²) in [5.74, 6) is 2.31. The Hall–Kier alpha value is -0.980. The van der Waals surface area contributed by atoms with Gasteiger partial charge < -0.3 is 19.7 Å². The van der Waals surface area contributed by atoms with Crippen LogP contribution in [0.2, 0.25) is 0 Å². The van der Waals surface area contributed by atoms with Gasteiger partial charge in [-0.2, -0.15) is 0 Å². The molecular weight excluding hydrogens is 576 g/mol. The number of fused-ring (bicyclic) bond motifs is 7. The summed E-state index contributed by atoms with van der Waals surface area (Å²) in [5.41, 5.74) is -1.20. The van der Waals surface area contributed by atoms with E-state index in [2.05, 4.69) is 48.5 Å². The van der Waals surface area contributed by atoms with Crippen molar-refractivity contribution >= 4 is 11.8 Å². The lowest BCUT2D eigenvalue weighted by molar-refractivity contribution is -0.254. The summed E-state index contributed by atoms with van der Waals surface area (Å²) in [4.78, 5) is 26.9. The Morgan fingerprint density at radius 2 is 1.54 bits per heavy atom. The Kier molecular flexibility index (Phi) is 9.11. The fourth-order valence-corrected chi connectivity index (χ4v) is 13.0. The maximum atomic E-state index is 13.5. The molecule has 46 heavy (non-hydrogen) atoms. The topological polar surface area (TPSA) is 93.1 Å². The molecule has 5 aliphatic rings. The number of hydrogen-bond donors (Lipinski definition) is 2.